The molecule has 0 bridgehead atoms. The quantitative estimate of drug-likeness (QED) is 0.838. The van der Waals surface area contributed by atoms with E-state index in [9.17, 15) is 13.2 Å². The van der Waals surface area contributed by atoms with E-state index in [0.29, 0.717) is 6.61 Å². The van der Waals surface area contributed by atoms with Gasteiger partial charge in [0.25, 0.3) is 0 Å². The third-order valence-electron chi connectivity index (χ3n) is 1.34. The number of aliphatic hydroxyl groups excluding tert-OH is 1. The smallest absolute Gasteiger partial charge is 0.406 e. The maximum atomic E-state index is 11.7. The van der Waals surface area contributed by atoms with Gasteiger partial charge in [0.05, 0.1) is 0 Å². The Bertz CT molecular complexity index is 325. The van der Waals surface area contributed by atoms with Crippen LogP contribution in [0.15, 0.2) is 18.2 Å². The van der Waals surface area contributed by atoms with Crippen LogP contribution in [0.5, 0.6) is 5.75 Å². The Kier molecular flexibility index (Phi) is 3.23. The van der Waals surface area contributed by atoms with E-state index in [2.05, 4.69) is 4.74 Å². The molecule has 1 aromatic rings. The fourth-order valence-electron chi connectivity index (χ4n) is 0.818. The van der Waals surface area contributed by atoms with Crippen LogP contribution in [0.1, 0.15) is 5.56 Å². The summed E-state index contributed by atoms with van der Waals surface area (Å²) >= 11 is 5.54. The van der Waals surface area contributed by atoms with Gasteiger partial charge < -0.3 is 9.84 Å². The van der Waals surface area contributed by atoms with Gasteiger partial charge in [0.1, 0.15) is 12.4 Å². The minimum absolute atomic E-state index is 0.0633. The van der Waals surface area contributed by atoms with Crippen LogP contribution >= 0.6 is 11.6 Å². The number of halogens is 4. The Morgan fingerprint density at radius 1 is 1.36 bits per heavy atom. The molecule has 77 valence electrons. The first-order valence-corrected chi connectivity index (χ1v) is 3.83. The Morgan fingerprint density at radius 3 is 2.50 bits per heavy atom. The van der Waals surface area contributed by atoms with Gasteiger partial charge >= 0.3 is 6.36 Å². The molecule has 0 aliphatic heterocycles. The van der Waals surface area contributed by atoms with Gasteiger partial charge in [-0.05, 0) is 18.2 Å². The van der Waals surface area contributed by atoms with Gasteiger partial charge in [-0.3, -0.25) is 0 Å². The highest BCUT2D eigenvalue weighted by Crippen LogP contribution is 2.27. The van der Waals surface area contributed by atoms with Crippen molar-refractivity contribution in [2.75, 3.05) is 0 Å². The third kappa shape index (κ3) is 3.08. The van der Waals surface area contributed by atoms with Crippen molar-refractivity contribution in [2.45, 2.75) is 6.36 Å². The summed E-state index contributed by atoms with van der Waals surface area (Å²) in [6, 6.07) is 3.24. The lowest BCUT2D eigenvalue weighted by atomic mass is 10.2. The standard InChI is InChI=1S/C8H5ClF3O2/c9-7-2-1-6(3-5(7)4-13)14-8(10,11)12/h1-4,13H. The summed E-state index contributed by atoms with van der Waals surface area (Å²) in [6.07, 6.45) is -4.75. The van der Waals surface area contributed by atoms with Gasteiger partial charge in [0.15, 0.2) is 0 Å². The van der Waals surface area contributed by atoms with Crippen LogP contribution in [-0.2, 0) is 0 Å². The average Bonchev–Trinajstić information content (AvgIpc) is 2.06. The molecule has 0 aliphatic rings. The number of alkyl halides is 3. The minimum atomic E-state index is -4.75. The highest BCUT2D eigenvalue weighted by atomic mass is 35.5. The van der Waals surface area contributed by atoms with Crippen molar-refractivity contribution >= 4 is 11.6 Å². The van der Waals surface area contributed by atoms with Crippen molar-refractivity contribution in [1.82, 2.24) is 0 Å². The van der Waals surface area contributed by atoms with Crippen LogP contribution < -0.4 is 4.74 Å². The zero-order valence-electron chi connectivity index (χ0n) is 6.68. The molecule has 0 atom stereocenters. The Hall–Kier alpha value is -0.940. The predicted molar refractivity (Wildman–Crippen MR) is 43.5 cm³/mol. The summed E-state index contributed by atoms with van der Waals surface area (Å²) in [5.41, 5.74) is 0.0633. The zero-order chi connectivity index (χ0) is 10.8. The van der Waals surface area contributed by atoms with Crippen LogP contribution in [0.25, 0.3) is 0 Å². The van der Waals surface area contributed by atoms with E-state index in [0.717, 1.165) is 12.1 Å². The van der Waals surface area contributed by atoms with Crippen molar-refractivity contribution in [2.24, 2.45) is 0 Å². The molecule has 0 saturated heterocycles. The third-order valence-corrected chi connectivity index (χ3v) is 1.68. The summed E-state index contributed by atoms with van der Waals surface area (Å²) in [5, 5.41) is 8.74. The van der Waals surface area contributed by atoms with Gasteiger partial charge in [-0.25, -0.2) is 0 Å². The maximum absolute atomic E-state index is 11.7. The van der Waals surface area contributed by atoms with Crippen molar-refractivity contribution in [1.29, 1.82) is 0 Å². The van der Waals surface area contributed by atoms with Gasteiger partial charge in [-0.15, -0.1) is 13.2 Å². The highest BCUT2D eigenvalue weighted by molar-refractivity contribution is 6.31. The summed E-state index contributed by atoms with van der Waals surface area (Å²) < 4.78 is 38.9. The van der Waals surface area contributed by atoms with E-state index >= 15 is 0 Å². The predicted octanol–water partition coefficient (Wildman–Crippen LogP) is 3.12. The molecule has 0 saturated carbocycles. The fourth-order valence-corrected chi connectivity index (χ4v) is 0.984. The second-order valence-corrected chi connectivity index (χ2v) is 2.77. The minimum Gasteiger partial charge on any atom is -0.406 e. The van der Waals surface area contributed by atoms with Crippen LogP contribution in [0.4, 0.5) is 13.2 Å². The first-order chi connectivity index (χ1) is 6.42. The normalized spacial score (nSPS) is 11.5. The second kappa shape index (κ2) is 4.06. The Morgan fingerprint density at radius 2 is 2.00 bits per heavy atom. The van der Waals surface area contributed by atoms with Gasteiger partial charge in [-0.2, -0.15) is 0 Å². The molecule has 0 spiro atoms. The number of benzene rings is 1. The van der Waals surface area contributed by atoms with Crippen LogP contribution in [0, 0.1) is 6.61 Å². The van der Waals surface area contributed by atoms with E-state index in [1.165, 1.54) is 6.07 Å². The van der Waals surface area contributed by atoms with E-state index in [1.54, 1.807) is 0 Å². The number of ether oxygens (including phenoxy) is 1. The maximum Gasteiger partial charge on any atom is 0.573 e. The van der Waals surface area contributed by atoms with E-state index in [4.69, 9.17) is 16.7 Å². The van der Waals surface area contributed by atoms with Crippen LogP contribution in [-0.4, -0.2) is 11.5 Å². The number of hydrogen-bond acceptors (Lipinski definition) is 2. The van der Waals surface area contributed by atoms with Crippen LogP contribution in [0.3, 0.4) is 0 Å². The lowest BCUT2D eigenvalue weighted by Gasteiger charge is -2.09. The average molecular weight is 226 g/mol. The van der Waals surface area contributed by atoms with Gasteiger partial charge in [0, 0.05) is 10.6 Å². The summed E-state index contributed by atoms with van der Waals surface area (Å²) in [7, 11) is 0. The molecule has 14 heavy (non-hydrogen) atoms. The van der Waals surface area contributed by atoms with Gasteiger partial charge in [-0.1, -0.05) is 11.6 Å². The molecule has 1 radical (unpaired) electrons. The molecule has 0 unspecified atom stereocenters. The van der Waals surface area contributed by atoms with Crippen molar-refractivity contribution in [3.63, 3.8) is 0 Å². The molecule has 0 heterocycles. The van der Waals surface area contributed by atoms with Crippen molar-refractivity contribution in [3.8, 4) is 5.75 Å². The topological polar surface area (TPSA) is 29.5 Å². The van der Waals surface area contributed by atoms with Crippen molar-refractivity contribution < 1.29 is 23.0 Å². The lowest BCUT2D eigenvalue weighted by Crippen LogP contribution is -2.17. The number of aliphatic hydroxyl groups is 1. The molecule has 2 nitrogen and oxygen atoms in total. The zero-order valence-corrected chi connectivity index (χ0v) is 7.43. The van der Waals surface area contributed by atoms with Crippen LogP contribution in [0.2, 0.25) is 5.02 Å². The molecular formula is C8H5ClF3O2. The largest absolute Gasteiger partial charge is 0.573 e. The van der Waals surface area contributed by atoms with Gasteiger partial charge in [0.2, 0.25) is 0 Å². The molecule has 0 aromatic heterocycles. The summed E-state index contributed by atoms with van der Waals surface area (Å²) in [6.45, 7) is 0.603. The molecule has 6 heteroatoms. The molecule has 0 fully saturated rings. The number of rotatable bonds is 2. The van der Waals surface area contributed by atoms with E-state index in [-0.39, 0.29) is 10.6 Å². The summed E-state index contributed by atoms with van der Waals surface area (Å²) in [4.78, 5) is 0. The Balaban J connectivity index is 2.90. The molecular weight excluding hydrogens is 221 g/mol. The monoisotopic (exact) mass is 225 g/mol. The molecule has 0 aliphatic carbocycles. The first kappa shape index (κ1) is 11.1. The highest BCUT2D eigenvalue weighted by Gasteiger charge is 2.31. The van der Waals surface area contributed by atoms with E-state index in [1.807, 2.05) is 0 Å². The molecule has 0 amide bonds. The second-order valence-electron chi connectivity index (χ2n) is 2.36. The SMILES string of the molecule is O[CH]c1cc(OC(F)(F)F)ccc1Cl. The number of hydrogen-bond donors (Lipinski definition) is 1. The van der Waals surface area contributed by atoms with Crippen molar-refractivity contribution in [3.05, 3.63) is 35.4 Å². The Labute approximate surface area is 82.9 Å². The molecule has 1 N–H and O–H groups in total. The fraction of sp³-hybridized carbons (Fsp3) is 0.125. The first-order valence-electron chi connectivity index (χ1n) is 3.45. The lowest BCUT2D eigenvalue weighted by molar-refractivity contribution is -0.274. The van der Waals surface area contributed by atoms with E-state index < -0.39 is 12.1 Å². The molecule has 1 rings (SSSR count). The summed E-state index contributed by atoms with van der Waals surface area (Å²) in [5.74, 6) is -0.429. The molecule has 1 aromatic carbocycles.